The van der Waals surface area contributed by atoms with Crippen LogP contribution in [0.2, 0.25) is 0 Å². The molecule has 106 valence electrons. The van der Waals surface area contributed by atoms with Gasteiger partial charge in [-0.2, -0.15) is 5.10 Å². The van der Waals surface area contributed by atoms with E-state index in [0.717, 1.165) is 12.6 Å². The van der Waals surface area contributed by atoms with Crippen LogP contribution in [0, 0.1) is 13.8 Å². The fourth-order valence-electron chi connectivity index (χ4n) is 3.73. The third-order valence-corrected chi connectivity index (χ3v) is 5.05. The highest BCUT2D eigenvalue weighted by molar-refractivity contribution is 5.24. The monoisotopic (exact) mass is 262 g/mol. The number of aromatic nitrogens is 2. The van der Waals surface area contributed by atoms with E-state index in [1.54, 1.807) is 0 Å². The molecule has 4 nitrogen and oxygen atoms in total. The molecule has 0 aromatic carbocycles. The number of piperidine rings is 1. The SMILES string of the molecule is Cc1nn(C)c(C)c1CNC1CCN2CCCC2C1. The number of fused-ring (bicyclic) bond motifs is 1. The Kier molecular flexibility index (Phi) is 3.63. The summed E-state index contributed by atoms with van der Waals surface area (Å²) < 4.78 is 1.99. The van der Waals surface area contributed by atoms with Gasteiger partial charge in [0.2, 0.25) is 0 Å². The van der Waals surface area contributed by atoms with Crippen LogP contribution in [0.5, 0.6) is 0 Å². The van der Waals surface area contributed by atoms with Gasteiger partial charge >= 0.3 is 0 Å². The topological polar surface area (TPSA) is 33.1 Å². The Balaban J connectivity index is 1.57. The van der Waals surface area contributed by atoms with E-state index in [1.165, 1.54) is 55.7 Å². The Labute approximate surface area is 116 Å². The minimum atomic E-state index is 0.693. The normalized spacial score (nSPS) is 27.7. The van der Waals surface area contributed by atoms with Crippen molar-refractivity contribution in [3.05, 3.63) is 17.0 Å². The van der Waals surface area contributed by atoms with Crippen molar-refractivity contribution in [2.45, 2.75) is 58.2 Å². The van der Waals surface area contributed by atoms with Crippen molar-refractivity contribution >= 4 is 0 Å². The molecular weight excluding hydrogens is 236 g/mol. The van der Waals surface area contributed by atoms with Crippen LogP contribution in [0.1, 0.15) is 42.6 Å². The molecule has 19 heavy (non-hydrogen) atoms. The summed E-state index contributed by atoms with van der Waals surface area (Å²) in [6.07, 6.45) is 5.44. The van der Waals surface area contributed by atoms with E-state index in [1.807, 2.05) is 11.7 Å². The lowest BCUT2D eigenvalue weighted by Gasteiger charge is -2.35. The number of rotatable bonds is 3. The minimum absolute atomic E-state index is 0.693. The van der Waals surface area contributed by atoms with E-state index in [0.29, 0.717) is 6.04 Å². The maximum atomic E-state index is 4.50. The van der Waals surface area contributed by atoms with Crippen molar-refractivity contribution in [3.8, 4) is 0 Å². The third-order valence-electron chi connectivity index (χ3n) is 5.05. The number of hydrogen-bond donors (Lipinski definition) is 1. The van der Waals surface area contributed by atoms with Gasteiger partial charge < -0.3 is 10.2 Å². The fourth-order valence-corrected chi connectivity index (χ4v) is 3.73. The standard InChI is InChI=1S/C15H26N4/c1-11-15(12(2)18(3)17-11)10-16-13-6-8-19-7-4-5-14(19)9-13/h13-14,16H,4-10H2,1-3H3. The molecule has 0 aliphatic carbocycles. The Hall–Kier alpha value is -0.870. The summed E-state index contributed by atoms with van der Waals surface area (Å²) in [5.74, 6) is 0. The molecule has 0 radical (unpaired) electrons. The summed E-state index contributed by atoms with van der Waals surface area (Å²) >= 11 is 0. The van der Waals surface area contributed by atoms with Crippen molar-refractivity contribution in [2.75, 3.05) is 13.1 Å². The van der Waals surface area contributed by atoms with Gasteiger partial charge in [0.05, 0.1) is 5.69 Å². The van der Waals surface area contributed by atoms with Crippen LogP contribution < -0.4 is 5.32 Å². The van der Waals surface area contributed by atoms with Gasteiger partial charge in [-0.15, -0.1) is 0 Å². The first-order valence-electron chi connectivity index (χ1n) is 7.61. The van der Waals surface area contributed by atoms with Gasteiger partial charge in [-0.1, -0.05) is 0 Å². The number of nitrogens with zero attached hydrogens (tertiary/aromatic N) is 3. The molecule has 1 aromatic rings. The second kappa shape index (κ2) is 5.25. The smallest absolute Gasteiger partial charge is 0.0641 e. The quantitative estimate of drug-likeness (QED) is 0.901. The Bertz CT molecular complexity index is 451. The van der Waals surface area contributed by atoms with Crippen LogP contribution in [0.3, 0.4) is 0 Å². The molecule has 1 N–H and O–H groups in total. The van der Waals surface area contributed by atoms with Crippen molar-refractivity contribution < 1.29 is 0 Å². The predicted octanol–water partition coefficient (Wildman–Crippen LogP) is 1.75. The zero-order valence-corrected chi connectivity index (χ0v) is 12.4. The Morgan fingerprint density at radius 1 is 1.26 bits per heavy atom. The third kappa shape index (κ3) is 2.56. The van der Waals surface area contributed by atoms with E-state index >= 15 is 0 Å². The van der Waals surface area contributed by atoms with Gasteiger partial charge in [0.25, 0.3) is 0 Å². The first-order valence-corrected chi connectivity index (χ1v) is 7.61. The van der Waals surface area contributed by atoms with Crippen molar-refractivity contribution in [1.82, 2.24) is 20.0 Å². The van der Waals surface area contributed by atoms with Gasteiger partial charge in [0.15, 0.2) is 0 Å². The molecule has 3 rings (SSSR count). The largest absolute Gasteiger partial charge is 0.310 e. The fraction of sp³-hybridized carbons (Fsp3) is 0.800. The summed E-state index contributed by atoms with van der Waals surface area (Å²) in [7, 11) is 2.03. The summed E-state index contributed by atoms with van der Waals surface area (Å²) in [6.45, 7) is 7.87. The Morgan fingerprint density at radius 2 is 2.11 bits per heavy atom. The van der Waals surface area contributed by atoms with Crippen LogP contribution in [0.15, 0.2) is 0 Å². The molecule has 2 aliphatic rings. The molecule has 2 atom stereocenters. The van der Waals surface area contributed by atoms with E-state index < -0.39 is 0 Å². The molecule has 0 spiro atoms. The summed E-state index contributed by atoms with van der Waals surface area (Å²) in [4.78, 5) is 2.68. The summed E-state index contributed by atoms with van der Waals surface area (Å²) in [6, 6.07) is 1.54. The molecule has 2 aliphatic heterocycles. The maximum absolute atomic E-state index is 4.50. The molecule has 0 amide bonds. The lowest BCUT2D eigenvalue weighted by molar-refractivity contribution is 0.166. The van der Waals surface area contributed by atoms with Crippen LogP contribution >= 0.6 is 0 Å². The maximum Gasteiger partial charge on any atom is 0.0641 e. The molecule has 2 saturated heterocycles. The highest BCUT2D eigenvalue weighted by Gasteiger charge is 2.31. The van der Waals surface area contributed by atoms with Crippen molar-refractivity contribution in [1.29, 1.82) is 0 Å². The lowest BCUT2D eigenvalue weighted by atomic mass is 9.97. The Morgan fingerprint density at radius 3 is 2.84 bits per heavy atom. The predicted molar refractivity (Wildman–Crippen MR) is 77.1 cm³/mol. The van der Waals surface area contributed by atoms with Crippen LogP contribution in [-0.2, 0) is 13.6 Å². The van der Waals surface area contributed by atoms with Crippen LogP contribution in [-0.4, -0.2) is 39.9 Å². The van der Waals surface area contributed by atoms with E-state index in [4.69, 9.17) is 0 Å². The molecule has 1 aromatic heterocycles. The van der Waals surface area contributed by atoms with Gasteiger partial charge in [0, 0.05) is 36.9 Å². The first kappa shape index (κ1) is 13.1. The van der Waals surface area contributed by atoms with E-state index in [9.17, 15) is 0 Å². The zero-order valence-electron chi connectivity index (χ0n) is 12.4. The van der Waals surface area contributed by atoms with Crippen molar-refractivity contribution in [3.63, 3.8) is 0 Å². The molecule has 2 fully saturated rings. The molecule has 0 bridgehead atoms. The molecule has 3 heterocycles. The van der Waals surface area contributed by atoms with Crippen LogP contribution in [0.4, 0.5) is 0 Å². The first-order chi connectivity index (χ1) is 9.15. The lowest BCUT2D eigenvalue weighted by Crippen LogP contribution is -2.45. The van der Waals surface area contributed by atoms with Gasteiger partial charge in [-0.25, -0.2) is 0 Å². The summed E-state index contributed by atoms with van der Waals surface area (Å²) in [5, 5.41) is 8.26. The van der Waals surface area contributed by atoms with Crippen molar-refractivity contribution in [2.24, 2.45) is 7.05 Å². The second-order valence-corrected chi connectivity index (χ2v) is 6.21. The number of aryl methyl sites for hydroxylation is 2. The second-order valence-electron chi connectivity index (χ2n) is 6.21. The highest BCUT2D eigenvalue weighted by atomic mass is 15.3. The molecule has 4 heteroatoms. The van der Waals surface area contributed by atoms with Gasteiger partial charge in [0.1, 0.15) is 0 Å². The average molecular weight is 262 g/mol. The zero-order chi connectivity index (χ0) is 13.4. The van der Waals surface area contributed by atoms with Gasteiger partial charge in [-0.05, 0) is 52.6 Å². The molecular formula is C15H26N4. The van der Waals surface area contributed by atoms with Crippen LogP contribution in [0.25, 0.3) is 0 Å². The average Bonchev–Trinajstić information content (AvgIpc) is 2.94. The summed E-state index contributed by atoms with van der Waals surface area (Å²) in [5.41, 5.74) is 3.85. The minimum Gasteiger partial charge on any atom is -0.310 e. The van der Waals surface area contributed by atoms with Gasteiger partial charge in [-0.3, -0.25) is 4.68 Å². The number of nitrogens with one attached hydrogen (secondary N) is 1. The number of hydrogen-bond acceptors (Lipinski definition) is 3. The molecule has 0 saturated carbocycles. The molecule has 2 unspecified atom stereocenters. The highest BCUT2D eigenvalue weighted by Crippen LogP contribution is 2.27. The van der Waals surface area contributed by atoms with E-state index in [-0.39, 0.29) is 0 Å². The van der Waals surface area contributed by atoms with E-state index in [2.05, 4.69) is 29.2 Å².